The summed E-state index contributed by atoms with van der Waals surface area (Å²) in [5.74, 6) is 0.766. The van der Waals surface area contributed by atoms with Gasteiger partial charge in [-0.05, 0) is 21.5 Å². The Labute approximate surface area is 102 Å². The van der Waals surface area contributed by atoms with Crippen molar-refractivity contribution in [2.75, 3.05) is 0 Å². The second kappa shape index (κ2) is 4.99. The largest absolute Gasteiger partial charge is 0.298 e. The first-order chi connectivity index (χ1) is 7.78. The van der Waals surface area contributed by atoms with Gasteiger partial charge in [-0.25, -0.2) is 9.97 Å². The maximum absolute atomic E-state index is 10.5. The highest BCUT2D eigenvalue weighted by molar-refractivity contribution is 9.10. The van der Waals surface area contributed by atoms with Gasteiger partial charge in [0.25, 0.3) is 0 Å². The number of carbonyl (C=O) groups is 1. The van der Waals surface area contributed by atoms with Crippen LogP contribution in [0.15, 0.2) is 41.1 Å². The second-order valence-corrected chi connectivity index (χ2v) is 4.27. The Balaban J connectivity index is 2.14. The fraction of sp³-hybridized carbons (Fsp3) is 0.0833. The van der Waals surface area contributed by atoms with E-state index < -0.39 is 0 Å². The monoisotopic (exact) mass is 276 g/mol. The Morgan fingerprint density at radius 1 is 1.12 bits per heavy atom. The van der Waals surface area contributed by atoms with Crippen LogP contribution in [0.25, 0.3) is 0 Å². The molecule has 16 heavy (non-hydrogen) atoms. The van der Waals surface area contributed by atoms with Crippen LogP contribution in [-0.4, -0.2) is 16.3 Å². The Morgan fingerprint density at radius 2 is 1.75 bits per heavy atom. The molecule has 0 saturated carbocycles. The number of halogens is 1. The lowest BCUT2D eigenvalue weighted by Crippen LogP contribution is -1.95. The standard InChI is InChI=1S/C12H9BrN2O/c13-11-6-14-12(15-7-11)5-9-1-3-10(8-16)4-2-9/h1-4,6-8H,5H2. The molecular weight excluding hydrogens is 268 g/mol. The molecule has 0 N–H and O–H groups in total. The molecule has 80 valence electrons. The molecule has 0 aliphatic heterocycles. The maximum atomic E-state index is 10.5. The molecule has 3 nitrogen and oxygen atoms in total. The minimum absolute atomic E-state index is 0.673. The first-order valence-electron chi connectivity index (χ1n) is 4.78. The normalized spacial score (nSPS) is 10.1. The molecule has 0 saturated heterocycles. The fourth-order valence-electron chi connectivity index (χ4n) is 1.33. The number of nitrogens with zero attached hydrogens (tertiary/aromatic N) is 2. The van der Waals surface area contributed by atoms with Crippen LogP contribution < -0.4 is 0 Å². The summed E-state index contributed by atoms with van der Waals surface area (Å²) < 4.78 is 0.868. The fourth-order valence-corrected chi connectivity index (χ4v) is 1.53. The Hall–Kier alpha value is -1.55. The Kier molecular flexibility index (Phi) is 3.41. The van der Waals surface area contributed by atoms with Crippen LogP contribution in [0.1, 0.15) is 21.7 Å². The summed E-state index contributed by atoms with van der Waals surface area (Å²) in [7, 11) is 0. The third-order valence-electron chi connectivity index (χ3n) is 2.15. The van der Waals surface area contributed by atoms with Crippen LogP contribution in [0.4, 0.5) is 0 Å². The van der Waals surface area contributed by atoms with Gasteiger partial charge in [0.15, 0.2) is 0 Å². The molecule has 0 fully saturated rings. The minimum atomic E-state index is 0.673. The van der Waals surface area contributed by atoms with Crippen LogP contribution >= 0.6 is 15.9 Å². The van der Waals surface area contributed by atoms with Crippen molar-refractivity contribution in [3.05, 3.63) is 58.1 Å². The topological polar surface area (TPSA) is 42.9 Å². The molecule has 0 amide bonds. The number of aldehydes is 1. The maximum Gasteiger partial charge on any atom is 0.150 e. The highest BCUT2D eigenvalue weighted by Crippen LogP contribution is 2.09. The summed E-state index contributed by atoms with van der Waals surface area (Å²) >= 11 is 3.29. The zero-order valence-corrected chi connectivity index (χ0v) is 10.0. The predicted octanol–water partition coefficient (Wildman–Crippen LogP) is 2.64. The van der Waals surface area contributed by atoms with Crippen molar-refractivity contribution >= 4 is 22.2 Å². The van der Waals surface area contributed by atoms with E-state index in [9.17, 15) is 4.79 Å². The summed E-state index contributed by atoms with van der Waals surface area (Å²) in [5, 5.41) is 0. The number of benzene rings is 1. The average Bonchev–Trinajstić information content (AvgIpc) is 2.33. The minimum Gasteiger partial charge on any atom is -0.298 e. The third-order valence-corrected chi connectivity index (χ3v) is 2.56. The van der Waals surface area contributed by atoms with Crippen LogP contribution in [0, 0.1) is 0 Å². The quantitative estimate of drug-likeness (QED) is 0.810. The summed E-state index contributed by atoms with van der Waals surface area (Å²) in [5.41, 5.74) is 1.77. The molecule has 0 unspecified atom stereocenters. The molecule has 2 aromatic rings. The zero-order chi connectivity index (χ0) is 11.4. The van der Waals surface area contributed by atoms with Gasteiger partial charge in [-0.1, -0.05) is 24.3 Å². The molecule has 0 spiro atoms. The summed E-state index contributed by atoms with van der Waals surface area (Å²) in [6.07, 6.45) is 4.95. The van der Waals surface area contributed by atoms with E-state index in [1.165, 1.54) is 0 Å². The van der Waals surface area contributed by atoms with E-state index in [2.05, 4.69) is 25.9 Å². The molecule has 4 heteroatoms. The Morgan fingerprint density at radius 3 is 2.31 bits per heavy atom. The highest BCUT2D eigenvalue weighted by atomic mass is 79.9. The number of rotatable bonds is 3. The highest BCUT2D eigenvalue weighted by Gasteiger charge is 1.99. The van der Waals surface area contributed by atoms with E-state index in [1.54, 1.807) is 24.5 Å². The molecule has 1 aromatic heterocycles. The van der Waals surface area contributed by atoms with E-state index in [4.69, 9.17) is 0 Å². The van der Waals surface area contributed by atoms with E-state index in [0.29, 0.717) is 12.0 Å². The molecule has 1 heterocycles. The zero-order valence-electron chi connectivity index (χ0n) is 8.43. The van der Waals surface area contributed by atoms with Crippen molar-refractivity contribution in [3.63, 3.8) is 0 Å². The van der Waals surface area contributed by atoms with Gasteiger partial charge >= 0.3 is 0 Å². The van der Waals surface area contributed by atoms with Gasteiger partial charge in [-0.2, -0.15) is 0 Å². The van der Waals surface area contributed by atoms with Gasteiger partial charge in [0.1, 0.15) is 12.1 Å². The van der Waals surface area contributed by atoms with Gasteiger partial charge < -0.3 is 0 Å². The molecule has 0 aliphatic carbocycles. The molecule has 0 bridgehead atoms. The molecule has 2 rings (SSSR count). The molecule has 0 aliphatic rings. The summed E-state index contributed by atoms with van der Waals surface area (Å²) in [4.78, 5) is 18.9. The number of hydrogen-bond donors (Lipinski definition) is 0. The number of aromatic nitrogens is 2. The molecule has 0 atom stereocenters. The van der Waals surface area contributed by atoms with Gasteiger partial charge in [-0.15, -0.1) is 0 Å². The average molecular weight is 277 g/mol. The molecule has 0 radical (unpaired) electrons. The predicted molar refractivity (Wildman–Crippen MR) is 64.4 cm³/mol. The van der Waals surface area contributed by atoms with E-state index in [1.807, 2.05) is 12.1 Å². The summed E-state index contributed by atoms with van der Waals surface area (Å²) in [6.45, 7) is 0. The van der Waals surface area contributed by atoms with Crippen molar-refractivity contribution in [3.8, 4) is 0 Å². The van der Waals surface area contributed by atoms with Crippen molar-refractivity contribution < 1.29 is 4.79 Å². The lowest BCUT2D eigenvalue weighted by Gasteiger charge is -2.00. The third kappa shape index (κ3) is 2.73. The molecule has 1 aromatic carbocycles. The number of carbonyl (C=O) groups excluding carboxylic acids is 1. The lowest BCUT2D eigenvalue weighted by atomic mass is 10.1. The van der Waals surface area contributed by atoms with E-state index in [-0.39, 0.29) is 0 Å². The van der Waals surface area contributed by atoms with Crippen molar-refractivity contribution in [2.24, 2.45) is 0 Å². The second-order valence-electron chi connectivity index (χ2n) is 3.35. The lowest BCUT2D eigenvalue weighted by molar-refractivity contribution is 0.112. The van der Waals surface area contributed by atoms with Gasteiger partial charge in [0.2, 0.25) is 0 Å². The van der Waals surface area contributed by atoms with Crippen molar-refractivity contribution in [1.82, 2.24) is 9.97 Å². The Bertz CT molecular complexity index is 479. The van der Waals surface area contributed by atoms with Crippen molar-refractivity contribution in [2.45, 2.75) is 6.42 Å². The summed E-state index contributed by atoms with van der Waals surface area (Å²) in [6, 6.07) is 7.41. The van der Waals surface area contributed by atoms with Crippen LogP contribution in [0.5, 0.6) is 0 Å². The van der Waals surface area contributed by atoms with Gasteiger partial charge in [0, 0.05) is 24.4 Å². The van der Waals surface area contributed by atoms with Crippen LogP contribution in [0.2, 0.25) is 0 Å². The van der Waals surface area contributed by atoms with Crippen LogP contribution in [0.3, 0.4) is 0 Å². The van der Waals surface area contributed by atoms with Gasteiger partial charge in [-0.3, -0.25) is 4.79 Å². The van der Waals surface area contributed by atoms with Crippen LogP contribution in [-0.2, 0) is 6.42 Å². The van der Waals surface area contributed by atoms with Crippen molar-refractivity contribution in [1.29, 1.82) is 0 Å². The first-order valence-corrected chi connectivity index (χ1v) is 5.58. The number of hydrogen-bond acceptors (Lipinski definition) is 3. The SMILES string of the molecule is O=Cc1ccc(Cc2ncc(Br)cn2)cc1. The molecular formula is C12H9BrN2O. The van der Waals surface area contributed by atoms with E-state index in [0.717, 1.165) is 22.1 Å². The van der Waals surface area contributed by atoms with Gasteiger partial charge in [0.05, 0.1) is 4.47 Å². The first kappa shape index (κ1) is 11.0. The smallest absolute Gasteiger partial charge is 0.150 e. The van der Waals surface area contributed by atoms with E-state index >= 15 is 0 Å².